The highest BCUT2D eigenvalue weighted by Gasteiger charge is 2.42. The van der Waals surface area contributed by atoms with Crippen molar-refractivity contribution in [3.63, 3.8) is 0 Å². The van der Waals surface area contributed by atoms with E-state index in [2.05, 4.69) is 20.6 Å². The number of nitrogens with zero attached hydrogens (tertiary/aromatic N) is 3. The summed E-state index contributed by atoms with van der Waals surface area (Å²) >= 11 is 0. The normalized spacial score (nSPS) is 19.6. The molecule has 0 radical (unpaired) electrons. The number of benzene rings is 2. The van der Waals surface area contributed by atoms with Crippen LogP contribution in [0.1, 0.15) is 35.0 Å². The maximum Gasteiger partial charge on any atom is 0.257 e. The largest absolute Gasteiger partial charge is 0.346 e. The number of halogens is 2. The van der Waals surface area contributed by atoms with E-state index in [1.54, 1.807) is 24.1 Å². The Kier molecular flexibility index (Phi) is 4.84. The molecule has 2 amide bonds. The van der Waals surface area contributed by atoms with E-state index in [1.165, 1.54) is 6.07 Å². The first-order chi connectivity index (χ1) is 15.8. The van der Waals surface area contributed by atoms with Gasteiger partial charge in [-0.05, 0) is 43.2 Å². The van der Waals surface area contributed by atoms with Crippen molar-refractivity contribution in [3.05, 3.63) is 70.9 Å². The van der Waals surface area contributed by atoms with Crippen LogP contribution in [0.2, 0.25) is 0 Å². The summed E-state index contributed by atoms with van der Waals surface area (Å²) in [6, 6.07) is 10.8. The second-order valence-corrected chi connectivity index (χ2v) is 8.51. The molecule has 1 fully saturated rings. The predicted molar refractivity (Wildman–Crippen MR) is 118 cm³/mol. The van der Waals surface area contributed by atoms with E-state index in [9.17, 15) is 18.4 Å². The van der Waals surface area contributed by atoms with Gasteiger partial charge in [-0.3, -0.25) is 9.59 Å². The van der Waals surface area contributed by atoms with Gasteiger partial charge in [0.2, 0.25) is 5.91 Å². The molecule has 33 heavy (non-hydrogen) atoms. The number of hydrogen-bond acceptors (Lipinski definition) is 5. The fraction of sp³-hybridized carbons (Fsp3) is 0.250. The minimum Gasteiger partial charge on any atom is -0.346 e. The lowest BCUT2D eigenvalue weighted by Crippen LogP contribution is -2.33. The number of aromatic nitrogens is 2. The zero-order valence-electron chi connectivity index (χ0n) is 18.1. The Morgan fingerprint density at radius 2 is 1.73 bits per heavy atom. The highest BCUT2D eigenvalue weighted by atomic mass is 19.1. The molecule has 0 spiro atoms. The summed E-state index contributed by atoms with van der Waals surface area (Å²) in [6.45, 7) is 2.77. The molecule has 2 aromatic carbocycles. The Hall–Kier alpha value is -3.88. The molecule has 2 aliphatic rings. The second kappa shape index (κ2) is 7.61. The molecule has 1 saturated heterocycles. The van der Waals surface area contributed by atoms with Gasteiger partial charge in [0.25, 0.3) is 5.91 Å². The molecule has 0 saturated carbocycles. The van der Waals surface area contributed by atoms with Gasteiger partial charge in [0.05, 0.1) is 23.2 Å². The first-order valence-electron chi connectivity index (χ1n) is 10.5. The maximum atomic E-state index is 14.4. The van der Waals surface area contributed by atoms with Crippen LogP contribution >= 0.6 is 0 Å². The summed E-state index contributed by atoms with van der Waals surface area (Å²) in [6.07, 6.45) is 0.728. The summed E-state index contributed by atoms with van der Waals surface area (Å²) in [5, 5.41) is 5.75. The summed E-state index contributed by atoms with van der Waals surface area (Å²) in [5.41, 5.74) is 1.16. The highest BCUT2D eigenvalue weighted by Crippen LogP contribution is 2.36. The molecule has 5 rings (SSSR count). The number of anilines is 2. The summed E-state index contributed by atoms with van der Waals surface area (Å²) in [5.74, 6) is -1.86. The van der Waals surface area contributed by atoms with E-state index >= 15 is 0 Å². The zero-order chi connectivity index (χ0) is 23.3. The van der Waals surface area contributed by atoms with Gasteiger partial charge in [0.1, 0.15) is 23.0 Å². The van der Waals surface area contributed by atoms with Gasteiger partial charge < -0.3 is 15.5 Å². The first kappa shape index (κ1) is 21.0. The van der Waals surface area contributed by atoms with Crippen molar-refractivity contribution < 1.29 is 18.4 Å². The van der Waals surface area contributed by atoms with Crippen LogP contribution in [0.25, 0.3) is 11.4 Å². The van der Waals surface area contributed by atoms with E-state index < -0.39 is 17.0 Å². The average Bonchev–Trinajstić information content (AvgIpc) is 3.29. The van der Waals surface area contributed by atoms with Crippen LogP contribution in [0.3, 0.4) is 0 Å². The summed E-state index contributed by atoms with van der Waals surface area (Å²) < 4.78 is 28.7. The fourth-order valence-corrected chi connectivity index (χ4v) is 4.39. The number of likely N-dealkylation sites (N-methyl/N-ethyl adjacent to an activating group) is 1. The van der Waals surface area contributed by atoms with Crippen LogP contribution in [-0.2, 0) is 16.8 Å². The Bertz CT molecular complexity index is 1270. The monoisotopic (exact) mass is 449 g/mol. The maximum absolute atomic E-state index is 14.4. The van der Waals surface area contributed by atoms with Crippen molar-refractivity contribution in [2.75, 3.05) is 18.9 Å². The van der Waals surface area contributed by atoms with E-state index in [-0.39, 0.29) is 41.1 Å². The zero-order valence-corrected chi connectivity index (χ0v) is 18.1. The topological polar surface area (TPSA) is 87.2 Å². The predicted octanol–water partition coefficient (Wildman–Crippen LogP) is 3.53. The van der Waals surface area contributed by atoms with Gasteiger partial charge in [-0.2, -0.15) is 0 Å². The van der Waals surface area contributed by atoms with Crippen LogP contribution in [0.15, 0.2) is 42.5 Å². The third kappa shape index (κ3) is 3.40. The van der Waals surface area contributed by atoms with E-state index in [1.807, 2.05) is 19.1 Å². The van der Waals surface area contributed by atoms with E-state index in [0.717, 1.165) is 24.1 Å². The Morgan fingerprint density at radius 3 is 2.36 bits per heavy atom. The standard InChI is InChI=1S/C24H21F2N5O2/c1-24(10-11-31(2)23(24)33)13-6-8-14(9-7-13)28-21-19-17(12-27-22(19)32)29-20(30-21)18-15(25)4-3-5-16(18)26/h3-9H,10-12H2,1-2H3,(H,27,32)(H,28,29,30)/t24-/m0/s1. The smallest absolute Gasteiger partial charge is 0.257 e. The summed E-state index contributed by atoms with van der Waals surface area (Å²) in [4.78, 5) is 35.2. The average molecular weight is 449 g/mol. The van der Waals surface area contributed by atoms with Gasteiger partial charge in [-0.15, -0.1) is 0 Å². The fourth-order valence-electron chi connectivity index (χ4n) is 4.39. The number of nitrogens with one attached hydrogen (secondary N) is 2. The molecule has 0 bridgehead atoms. The molecule has 0 aliphatic carbocycles. The minimum absolute atomic E-state index is 0.0741. The number of carbonyl (C=O) groups excluding carboxylic acids is 2. The molecule has 168 valence electrons. The van der Waals surface area contributed by atoms with Crippen LogP contribution in [0.5, 0.6) is 0 Å². The van der Waals surface area contributed by atoms with E-state index in [4.69, 9.17) is 0 Å². The van der Waals surface area contributed by atoms with Crippen LogP contribution < -0.4 is 10.6 Å². The molecule has 9 heteroatoms. The lowest BCUT2D eigenvalue weighted by atomic mass is 9.81. The molecule has 3 aromatic rings. The third-order valence-corrected chi connectivity index (χ3v) is 6.36. The van der Waals surface area contributed by atoms with Crippen molar-refractivity contribution in [2.24, 2.45) is 0 Å². The number of rotatable bonds is 4. The number of hydrogen-bond donors (Lipinski definition) is 2. The van der Waals surface area contributed by atoms with Gasteiger partial charge in [-0.1, -0.05) is 18.2 Å². The van der Waals surface area contributed by atoms with Crippen LogP contribution in [0, 0.1) is 11.6 Å². The molecule has 0 unspecified atom stereocenters. The Labute approximate surface area is 188 Å². The van der Waals surface area contributed by atoms with Crippen molar-refractivity contribution in [3.8, 4) is 11.4 Å². The lowest BCUT2D eigenvalue weighted by Gasteiger charge is -2.23. The second-order valence-electron chi connectivity index (χ2n) is 8.51. The number of fused-ring (bicyclic) bond motifs is 1. The number of likely N-dealkylation sites (tertiary alicyclic amines) is 1. The molecule has 3 heterocycles. The molecule has 1 atom stereocenters. The molecule has 7 nitrogen and oxygen atoms in total. The number of carbonyl (C=O) groups is 2. The molecular formula is C24H21F2N5O2. The van der Waals surface area contributed by atoms with Crippen LogP contribution in [0.4, 0.5) is 20.3 Å². The molecule has 2 aliphatic heterocycles. The van der Waals surface area contributed by atoms with Crippen molar-refractivity contribution in [2.45, 2.75) is 25.3 Å². The minimum atomic E-state index is -0.790. The van der Waals surface area contributed by atoms with Crippen molar-refractivity contribution in [1.82, 2.24) is 20.2 Å². The Balaban J connectivity index is 1.52. The Morgan fingerprint density at radius 1 is 1.03 bits per heavy atom. The van der Waals surface area contributed by atoms with Crippen molar-refractivity contribution in [1.29, 1.82) is 0 Å². The van der Waals surface area contributed by atoms with Gasteiger partial charge in [-0.25, -0.2) is 18.7 Å². The third-order valence-electron chi connectivity index (χ3n) is 6.36. The van der Waals surface area contributed by atoms with Gasteiger partial charge in [0, 0.05) is 19.3 Å². The lowest BCUT2D eigenvalue weighted by molar-refractivity contribution is -0.130. The summed E-state index contributed by atoms with van der Waals surface area (Å²) in [7, 11) is 1.79. The quantitative estimate of drug-likeness (QED) is 0.637. The SMILES string of the molecule is CN1CC[C@@](C)(c2ccc(Nc3nc(-c4c(F)cccc4F)nc4c3C(=O)NC4)cc2)C1=O. The number of amides is 2. The van der Waals surface area contributed by atoms with Gasteiger partial charge in [0.15, 0.2) is 5.82 Å². The molecule has 1 aromatic heterocycles. The molecule has 2 N–H and O–H groups in total. The first-order valence-corrected chi connectivity index (χ1v) is 10.5. The molecular weight excluding hydrogens is 428 g/mol. The highest BCUT2D eigenvalue weighted by molar-refractivity contribution is 6.03. The van der Waals surface area contributed by atoms with Gasteiger partial charge >= 0.3 is 0 Å². The van der Waals surface area contributed by atoms with Crippen molar-refractivity contribution >= 4 is 23.3 Å². The van der Waals surface area contributed by atoms with Crippen LogP contribution in [-0.4, -0.2) is 40.3 Å². The van der Waals surface area contributed by atoms with E-state index in [0.29, 0.717) is 17.9 Å².